The average Bonchev–Trinajstić information content (AvgIpc) is 2.03. The molecule has 0 saturated carbocycles. The van der Waals surface area contributed by atoms with Gasteiger partial charge in [0.1, 0.15) is 5.69 Å². The minimum Gasteiger partial charge on any atom is -0.380 e. The Labute approximate surface area is 74.9 Å². The number of hydrazone groups is 1. The molecule has 0 aliphatic rings. The lowest BCUT2D eigenvalue weighted by molar-refractivity contribution is 0.582. The minimum absolute atomic E-state index is 0. The van der Waals surface area contributed by atoms with E-state index in [0.29, 0.717) is 0 Å². The van der Waals surface area contributed by atoms with Crippen LogP contribution in [0.1, 0.15) is 5.69 Å². The third-order valence-corrected chi connectivity index (χ3v) is 1.12. The molecule has 0 saturated heterocycles. The molecule has 66 valence electrons. The lowest BCUT2D eigenvalue weighted by atomic mass is 10.3. The highest BCUT2D eigenvalue weighted by molar-refractivity contribution is 5.95. The maximum atomic E-state index is 12.4. The Morgan fingerprint density at radius 3 is 2.67 bits per heavy atom. The second-order valence-electron chi connectivity index (χ2n) is 1.86. The van der Waals surface area contributed by atoms with Gasteiger partial charge in [0.2, 0.25) is 5.95 Å². The summed E-state index contributed by atoms with van der Waals surface area (Å²) in [5, 5.41) is 3.17. The molecule has 4 nitrogen and oxygen atoms in total. The topological polar surface area (TPSA) is 77.3 Å². The number of rotatable bonds is 1. The van der Waals surface area contributed by atoms with Crippen LogP contribution in [0.5, 0.6) is 0 Å². The Balaban J connectivity index is 0.00000121. The number of nitrogens with zero attached hydrogens (tertiary/aromatic N) is 2. The number of amidine groups is 1. The van der Waals surface area contributed by atoms with Crippen LogP contribution in [0.3, 0.4) is 0 Å². The van der Waals surface area contributed by atoms with Gasteiger partial charge in [-0.05, 0) is 12.1 Å². The van der Waals surface area contributed by atoms with Gasteiger partial charge in [-0.3, -0.25) is 0 Å². The normalized spacial score (nSPS) is 10.6. The smallest absolute Gasteiger partial charge is 0.213 e. The van der Waals surface area contributed by atoms with Crippen molar-refractivity contribution in [3.8, 4) is 0 Å². The van der Waals surface area contributed by atoms with Crippen LogP contribution in [0.15, 0.2) is 23.3 Å². The Hall–Kier alpha value is -1.36. The molecule has 1 heterocycles. The third-order valence-electron chi connectivity index (χ3n) is 1.12. The molecule has 12 heavy (non-hydrogen) atoms. The quantitative estimate of drug-likeness (QED) is 0.219. The first kappa shape index (κ1) is 10.6. The molecule has 0 amide bonds. The summed E-state index contributed by atoms with van der Waals surface area (Å²) < 4.78 is 12.4. The SMILES string of the molecule is Cl.NN=C(N)c1cccc(F)n1. The van der Waals surface area contributed by atoms with Crippen LogP contribution >= 0.6 is 12.4 Å². The van der Waals surface area contributed by atoms with Crippen molar-refractivity contribution < 1.29 is 4.39 Å². The highest BCUT2D eigenvalue weighted by atomic mass is 35.5. The van der Waals surface area contributed by atoms with Crippen molar-refractivity contribution in [1.82, 2.24) is 4.98 Å². The van der Waals surface area contributed by atoms with Gasteiger partial charge in [-0.1, -0.05) is 6.07 Å². The summed E-state index contributed by atoms with van der Waals surface area (Å²) in [5.41, 5.74) is 5.50. The van der Waals surface area contributed by atoms with Gasteiger partial charge in [-0.2, -0.15) is 9.49 Å². The van der Waals surface area contributed by atoms with Crippen molar-refractivity contribution in [2.24, 2.45) is 16.7 Å². The number of aromatic nitrogens is 1. The van der Waals surface area contributed by atoms with Gasteiger partial charge in [0.05, 0.1) is 0 Å². The Bertz CT molecular complexity index is 289. The summed E-state index contributed by atoms with van der Waals surface area (Å²) in [4.78, 5) is 3.44. The molecular formula is C6H8ClFN4. The molecule has 1 aromatic heterocycles. The molecule has 0 aliphatic carbocycles. The van der Waals surface area contributed by atoms with Crippen LogP contribution in [-0.2, 0) is 0 Å². The summed E-state index contributed by atoms with van der Waals surface area (Å²) in [6.45, 7) is 0. The first-order valence-electron chi connectivity index (χ1n) is 2.90. The number of hydrogen-bond acceptors (Lipinski definition) is 3. The predicted molar refractivity (Wildman–Crippen MR) is 46.4 cm³/mol. The fourth-order valence-corrected chi connectivity index (χ4v) is 0.617. The highest BCUT2D eigenvalue weighted by Crippen LogP contribution is 1.95. The minimum atomic E-state index is -0.603. The molecule has 0 fully saturated rings. The van der Waals surface area contributed by atoms with Crippen LogP contribution in [-0.4, -0.2) is 10.8 Å². The predicted octanol–water partition coefficient (Wildman–Crippen LogP) is 0.221. The van der Waals surface area contributed by atoms with Gasteiger partial charge in [0.15, 0.2) is 5.84 Å². The first-order valence-corrected chi connectivity index (χ1v) is 2.90. The van der Waals surface area contributed by atoms with Crippen molar-refractivity contribution in [3.05, 3.63) is 29.8 Å². The van der Waals surface area contributed by atoms with Crippen molar-refractivity contribution in [2.75, 3.05) is 0 Å². The Morgan fingerprint density at radius 2 is 2.17 bits per heavy atom. The molecule has 0 aliphatic heterocycles. The second-order valence-corrected chi connectivity index (χ2v) is 1.86. The van der Waals surface area contributed by atoms with Crippen molar-refractivity contribution in [3.63, 3.8) is 0 Å². The molecule has 4 N–H and O–H groups in total. The summed E-state index contributed by atoms with van der Waals surface area (Å²) in [5.74, 6) is 4.27. The highest BCUT2D eigenvalue weighted by Gasteiger charge is 1.99. The molecule has 1 rings (SSSR count). The van der Waals surface area contributed by atoms with E-state index in [-0.39, 0.29) is 23.9 Å². The molecule has 6 heteroatoms. The fourth-order valence-electron chi connectivity index (χ4n) is 0.617. The Morgan fingerprint density at radius 1 is 1.50 bits per heavy atom. The number of halogens is 2. The summed E-state index contributed by atoms with van der Waals surface area (Å²) in [6, 6.07) is 4.22. The number of pyridine rings is 1. The van der Waals surface area contributed by atoms with Gasteiger partial charge < -0.3 is 11.6 Å². The summed E-state index contributed by atoms with van der Waals surface area (Å²) in [6.07, 6.45) is 0. The van der Waals surface area contributed by atoms with Crippen molar-refractivity contribution >= 4 is 18.2 Å². The van der Waals surface area contributed by atoms with Crippen LogP contribution in [0.4, 0.5) is 4.39 Å². The lowest BCUT2D eigenvalue weighted by Crippen LogP contribution is -2.17. The Kier molecular flexibility index (Phi) is 3.99. The third kappa shape index (κ3) is 2.35. The van der Waals surface area contributed by atoms with E-state index in [1.807, 2.05) is 0 Å². The number of hydrogen-bond donors (Lipinski definition) is 2. The maximum absolute atomic E-state index is 12.4. The van der Waals surface area contributed by atoms with Crippen LogP contribution < -0.4 is 11.6 Å². The fraction of sp³-hybridized carbons (Fsp3) is 0. The molecule has 0 atom stereocenters. The largest absolute Gasteiger partial charge is 0.380 e. The second kappa shape index (κ2) is 4.50. The first-order chi connectivity index (χ1) is 5.24. The van der Waals surface area contributed by atoms with E-state index >= 15 is 0 Å². The lowest BCUT2D eigenvalue weighted by Gasteiger charge is -1.95. The van der Waals surface area contributed by atoms with E-state index in [1.54, 1.807) is 0 Å². The number of nitrogens with two attached hydrogens (primary N) is 2. The van der Waals surface area contributed by atoms with Gasteiger partial charge >= 0.3 is 0 Å². The van der Waals surface area contributed by atoms with E-state index < -0.39 is 5.95 Å². The molecule has 0 bridgehead atoms. The van der Waals surface area contributed by atoms with E-state index in [1.165, 1.54) is 18.2 Å². The average molecular weight is 191 g/mol. The maximum Gasteiger partial charge on any atom is 0.213 e. The van der Waals surface area contributed by atoms with Crippen LogP contribution in [0, 0.1) is 5.95 Å². The van der Waals surface area contributed by atoms with Crippen LogP contribution in [0.25, 0.3) is 0 Å². The molecule has 1 aromatic rings. The van der Waals surface area contributed by atoms with Crippen LogP contribution in [0.2, 0.25) is 0 Å². The standard InChI is InChI=1S/C6H7FN4.ClH/c7-5-3-1-2-4(10-5)6(8)11-9;/h1-3H,9H2,(H2,8,11);1H. The van der Waals surface area contributed by atoms with Gasteiger partial charge in [0.25, 0.3) is 0 Å². The zero-order chi connectivity index (χ0) is 8.27. The molecule has 0 spiro atoms. The van der Waals surface area contributed by atoms with Gasteiger partial charge in [0, 0.05) is 0 Å². The molecule has 0 radical (unpaired) electrons. The monoisotopic (exact) mass is 190 g/mol. The van der Waals surface area contributed by atoms with E-state index in [4.69, 9.17) is 11.6 Å². The zero-order valence-electron chi connectivity index (χ0n) is 6.07. The molecule has 0 unspecified atom stereocenters. The van der Waals surface area contributed by atoms with E-state index in [9.17, 15) is 4.39 Å². The van der Waals surface area contributed by atoms with E-state index in [2.05, 4.69) is 10.1 Å². The molecular weight excluding hydrogens is 183 g/mol. The van der Waals surface area contributed by atoms with E-state index in [0.717, 1.165) is 0 Å². The van der Waals surface area contributed by atoms with Gasteiger partial charge in [-0.15, -0.1) is 12.4 Å². The molecule has 0 aromatic carbocycles. The van der Waals surface area contributed by atoms with Crippen molar-refractivity contribution in [2.45, 2.75) is 0 Å². The summed E-state index contributed by atoms with van der Waals surface area (Å²) >= 11 is 0. The van der Waals surface area contributed by atoms with Crippen molar-refractivity contribution in [1.29, 1.82) is 0 Å². The van der Waals surface area contributed by atoms with Gasteiger partial charge in [-0.25, -0.2) is 4.98 Å². The zero-order valence-corrected chi connectivity index (χ0v) is 6.88. The summed E-state index contributed by atoms with van der Waals surface area (Å²) in [7, 11) is 0.